The third kappa shape index (κ3) is 4.26. The van der Waals surface area contributed by atoms with Gasteiger partial charge in [0.1, 0.15) is 0 Å². The molecule has 2 heterocycles. The van der Waals surface area contributed by atoms with Gasteiger partial charge in [-0.15, -0.1) is 0 Å². The Labute approximate surface area is 114 Å². The van der Waals surface area contributed by atoms with Crippen LogP contribution in [0.15, 0.2) is 18.3 Å². The zero-order chi connectivity index (χ0) is 13.9. The van der Waals surface area contributed by atoms with Crippen molar-refractivity contribution in [3.8, 4) is 0 Å². The molecule has 0 amide bonds. The Morgan fingerprint density at radius 2 is 2.26 bits per heavy atom. The number of rotatable bonds is 3. The molecule has 0 N–H and O–H groups in total. The van der Waals surface area contributed by atoms with Gasteiger partial charge in [0.2, 0.25) is 10.0 Å². The monoisotopic (exact) mass is 284 g/mol. The molecule has 0 unspecified atom stereocenters. The lowest BCUT2D eigenvalue weighted by molar-refractivity contribution is 0.122. The van der Waals surface area contributed by atoms with Crippen LogP contribution in [0.5, 0.6) is 0 Å². The predicted molar refractivity (Wildman–Crippen MR) is 73.4 cm³/mol. The second-order valence-electron chi connectivity index (χ2n) is 5.09. The van der Waals surface area contributed by atoms with Crippen LogP contribution in [0.3, 0.4) is 0 Å². The van der Waals surface area contributed by atoms with Gasteiger partial charge < -0.3 is 4.74 Å². The molecular weight excluding hydrogens is 264 g/mol. The second-order valence-corrected chi connectivity index (χ2v) is 7.08. The van der Waals surface area contributed by atoms with E-state index in [1.165, 1.54) is 10.6 Å². The lowest BCUT2D eigenvalue weighted by Gasteiger charge is -2.20. The number of sulfonamides is 1. The zero-order valence-corrected chi connectivity index (χ0v) is 12.2. The fourth-order valence-electron chi connectivity index (χ4n) is 2.19. The Kier molecular flexibility index (Phi) is 4.54. The minimum atomic E-state index is -3.15. The number of aromatic nitrogens is 1. The molecule has 0 spiro atoms. The van der Waals surface area contributed by atoms with Crippen LogP contribution >= 0.6 is 0 Å². The van der Waals surface area contributed by atoms with Gasteiger partial charge >= 0.3 is 0 Å². The fourth-order valence-corrected chi connectivity index (χ4v) is 3.08. The van der Waals surface area contributed by atoms with Crippen molar-refractivity contribution >= 4 is 10.0 Å². The van der Waals surface area contributed by atoms with Crippen molar-refractivity contribution in [3.05, 3.63) is 29.6 Å². The third-order valence-electron chi connectivity index (χ3n) is 3.24. The van der Waals surface area contributed by atoms with Crippen LogP contribution in [0, 0.1) is 12.8 Å². The lowest BCUT2D eigenvalue weighted by Crippen LogP contribution is -2.35. The molecule has 1 aliphatic heterocycles. The van der Waals surface area contributed by atoms with E-state index in [4.69, 9.17) is 4.74 Å². The molecule has 1 atom stereocenters. The molecule has 1 fully saturated rings. The first-order valence-electron chi connectivity index (χ1n) is 6.39. The molecule has 1 aromatic rings. The largest absolute Gasteiger partial charge is 0.380 e. The molecule has 2 rings (SSSR count). The Morgan fingerprint density at radius 1 is 1.47 bits per heavy atom. The first kappa shape index (κ1) is 14.4. The average molecular weight is 284 g/mol. The van der Waals surface area contributed by atoms with E-state index in [9.17, 15) is 8.42 Å². The highest BCUT2D eigenvalue weighted by atomic mass is 32.2. The summed E-state index contributed by atoms with van der Waals surface area (Å²) in [4.78, 5) is 4.37. The topological polar surface area (TPSA) is 59.5 Å². The summed E-state index contributed by atoms with van der Waals surface area (Å²) in [5.41, 5.74) is 2.10. The Hall–Kier alpha value is -0.980. The molecule has 1 aromatic heterocycles. The van der Waals surface area contributed by atoms with Crippen molar-refractivity contribution in [2.24, 2.45) is 5.92 Å². The number of nitrogens with zero attached hydrogens (tertiary/aromatic N) is 2. The summed E-state index contributed by atoms with van der Waals surface area (Å²) in [6.07, 6.45) is 3.83. The molecule has 1 saturated heterocycles. The van der Waals surface area contributed by atoms with E-state index in [0.717, 1.165) is 17.7 Å². The summed E-state index contributed by atoms with van der Waals surface area (Å²) in [6.45, 7) is 3.99. The summed E-state index contributed by atoms with van der Waals surface area (Å²) < 4.78 is 30.3. The van der Waals surface area contributed by atoms with Gasteiger partial charge in [-0.1, -0.05) is 6.07 Å². The molecular formula is C13H20N2O3S. The first-order valence-corrected chi connectivity index (χ1v) is 8.24. The predicted octanol–water partition coefficient (Wildman–Crippen LogP) is 0.841. The first-order chi connectivity index (χ1) is 8.95. The molecule has 0 bridgehead atoms. The molecule has 5 nitrogen and oxygen atoms in total. The van der Waals surface area contributed by atoms with Gasteiger partial charge in [0.15, 0.2) is 0 Å². The SMILES string of the molecule is Cc1ccc(C[C@H]2COCCN(S(C)(=O)=O)C2)nc1. The Balaban J connectivity index is 2.04. The maximum Gasteiger partial charge on any atom is 0.211 e. The van der Waals surface area contributed by atoms with E-state index in [-0.39, 0.29) is 5.92 Å². The number of ether oxygens (including phenoxy) is 1. The summed E-state index contributed by atoms with van der Waals surface area (Å²) in [5, 5.41) is 0. The van der Waals surface area contributed by atoms with Crippen LogP contribution in [0.25, 0.3) is 0 Å². The van der Waals surface area contributed by atoms with Crippen LogP contribution in [-0.4, -0.2) is 50.3 Å². The second kappa shape index (κ2) is 5.98. The van der Waals surface area contributed by atoms with Gasteiger partial charge in [-0.2, -0.15) is 4.31 Å². The van der Waals surface area contributed by atoms with Crippen molar-refractivity contribution in [1.29, 1.82) is 0 Å². The van der Waals surface area contributed by atoms with Gasteiger partial charge in [-0.05, 0) is 25.0 Å². The molecule has 0 aromatic carbocycles. The van der Waals surface area contributed by atoms with E-state index >= 15 is 0 Å². The van der Waals surface area contributed by atoms with E-state index in [0.29, 0.717) is 26.3 Å². The summed E-state index contributed by atoms with van der Waals surface area (Å²) >= 11 is 0. The standard InChI is InChI=1S/C13H20N2O3S/c1-11-3-4-13(14-8-11)7-12-9-15(19(2,16)17)5-6-18-10-12/h3-4,8,12H,5-7,9-10H2,1-2H3/t12-/m1/s1. The minimum absolute atomic E-state index is 0.160. The number of hydrogen-bond acceptors (Lipinski definition) is 4. The van der Waals surface area contributed by atoms with Crippen LogP contribution in [0.2, 0.25) is 0 Å². The third-order valence-corrected chi connectivity index (χ3v) is 4.51. The van der Waals surface area contributed by atoms with Gasteiger partial charge in [0.05, 0.1) is 19.5 Å². The quantitative estimate of drug-likeness (QED) is 0.825. The van der Waals surface area contributed by atoms with Gasteiger partial charge in [-0.3, -0.25) is 4.98 Å². The van der Waals surface area contributed by atoms with Crippen LogP contribution in [-0.2, 0) is 21.2 Å². The van der Waals surface area contributed by atoms with Crippen molar-refractivity contribution in [2.75, 3.05) is 32.6 Å². The van der Waals surface area contributed by atoms with Crippen molar-refractivity contribution in [1.82, 2.24) is 9.29 Å². The summed E-state index contributed by atoms with van der Waals surface area (Å²) in [5.74, 6) is 0.160. The van der Waals surface area contributed by atoms with Gasteiger partial charge in [0, 0.05) is 30.9 Å². The smallest absolute Gasteiger partial charge is 0.211 e. The highest BCUT2D eigenvalue weighted by Gasteiger charge is 2.24. The molecule has 6 heteroatoms. The number of pyridine rings is 1. The van der Waals surface area contributed by atoms with Crippen molar-refractivity contribution in [3.63, 3.8) is 0 Å². The maximum atomic E-state index is 11.6. The Morgan fingerprint density at radius 3 is 2.89 bits per heavy atom. The molecule has 0 radical (unpaired) electrons. The fraction of sp³-hybridized carbons (Fsp3) is 0.615. The summed E-state index contributed by atoms with van der Waals surface area (Å²) in [7, 11) is -3.15. The highest BCUT2D eigenvalue weighted by molar-refractivity contribution is 7.88. The normalized spacial score (nSPS) is 22.1. The lowest BCUT2D eigenvalue weighted by atomic mass is 10.0. The number of aryl methyl sites for hydroxylation is 1. The van der Waals surface area contributed by atoms with E-state index in [1.807, 2.05) is 25.3 Å². The van der Waals surface area contributed by atoms with Gasteiger partial charge in [-0.25, -0.2) is 8.42 Å². The molecule has 1 aliphatic rings. The van der Waals surface area contributed by atoms with Crippen LogP contribution in [0.4, 0.5) is 0 Å². The molecule has 0 aliphatic carbocycles. The zero-order valence-electron chi connectivity index (χ0n) is 11.4. The maximum absolute atomic E-state index is 11.6. The molecule has 106 valence electrons. The van der Waals surface area contributed by atoms with Crippen LogP contribution in [0.1, 0.15) is 11.3 Å². The van der Waals surface area contributed by atoms with Crippen molar-refractivity contribution in [2.45, 2.75) is 13.3 Å². The highest BCUT2D eigenvalue weighted by Crippen LogP contribution is 2.14. The molecule has 0 saturated carbocycles. The molecule has 19 heavy (non-hydrogen) atoms. The number of hydrogen-bond donors (Lipinski definition) is 0. The van der Waals surface area contributed by atoms with Crippen LogP contribution < -0.4 is 0 Å². The van der Waals surface area contributed by atoms with E-state index in [1.54, 1.807) is 0 Å². The van der Waals surface area contributed by atoms with E-state index < -0.39 is 10.0 Å². The van der Waals surface area contributed by atoms with Gasteiger partial charge in [0.25, 0.3) is 0 Å². The van der Waals surface area contributed by atoms with E-state index in [2.05, 4.69) is 4.98 Å². The average Bonchev–Trinajstić information content (AvgIpc) is 2.57. The minimum Gasteiger partial charge on any atom is -0.380 e. The Bertz CT molecular complexity index is 513. The van der Waals surface area contributed by atoms with Crippen molar-refractivity contribution < 1.29 is 13.2 Å². The summed E-state index contributed by atoms with van der Waals surface area (Å²) in [6, 6.07) is 4.01.